The quantitative estimate of drug-likeness (QED) is 0.929. The maximum Gasteiger partial charge on any atom is 0.410 e. The molecular weight excluding hydrogens is 294 g/mol. The van der Waals surface area contributed by atoms with Crippen LogP contribution < -0.4 is 4.74 Å². The number of carbonyl (C=O) groups is 1. The van der Waals surface area contributed by atoms with Gasteiger partial charge in [-0.1, -0.05) is 12.1 Å². The van der Waals surface area contributed by atoms with Crippen LogP contribution in [0.1, 0.15) is 45.6 Å². The van der Waals surface area contributed by atoms with Gasteiger partial charge < -0.3 is 19.5 Å². The third-order valence-electron chi connectivity index (χ3n) is 3.85. The van der Waals surface area contributed by atoms with E-state index < -0.39 is 11.7 Å². The molecule has 1 saturated heterocycles. The van der Waals surface area contributed by atoms with Gasteiger partial charge in [0.25, 0.3) is 0 Å². The largest absolute Gasteiger partial charge is 0.494 e. The monoisotopic (exact) mass is 321 g/mol. The lowest BCUT2D eigenvalue weighted by molar-refractivity contribution is -0.00152. The molecule has 1 aromatic carbocycles. The van der Waals surface area contributed by atoms with Gasteiger partial charge in [0, 0.05) is 12.5 Å². The molecule has 0 bridgehead atoms. The first-order chi connectivity index (χ1) is 10.8. The molecule has 2 rings (SSSR count). The molecule has 1 aliphatic heterocycles. The Morgan fingerprint density at radius 1 is 1.30 bits per heavy atom. The summed E-state index contributed by atoms with van der Waals surface area (Å²) in [6, 6.07) is 7.82. The van der Waals surface area contributed by atoms with Crippen molar-refractivity contribution in [1.82, 2.24) is 4.90 Å². The summed E-state index contributed by atoms with van der Waals surface area (Å²) in [5.41, 5.74) is 0.554. The van der Waals surface area contributed by atoms with Gasteiger partial charge in [-0.2, -0.15) is 0 Å². The fraction of sp³-hybridized carbons (Fsp3) is 0.611. The molecule has 0 aromatic heterocycles. The molecule has 0 aliphatic carbocycles. The van der Waals surface area contributed by atoms with Crippen LogP contribution in [-0.4, -0.2) is 47.5 Å². The van der Waals surface area contributed by atoms with E-state index >= 15 is 0 Å². The summed E-state index contributed by atoms with van der Waals surface area (Å²) in [5, 5.41) is 10.4. The van der Waals surface area contributed by atoms with Gasteiger partial charge >= 0.3 is 6.09 Å². The van der Waals surface area contributed by atoms with Crippen LogP contribution in [-0.2, 0) is 4.74 Å². The van der Waals surface area contributed by atoms with Crippen LogP contribution in [0.25, 0.3) is 0 Å². The number of likely N-dealkylation sites (tertiary alicyclic amines) is 1. The second-order valence-electron chi connectivity index (χ2n) is 6.89. The van der Waals surface area contributed by atoms with Crippen LogP contribution in [0, 0.1) is 0 Å². The van der Waals surface area contributed by atoms with Crippen molar-refractivity contribution in [2.24, 2.45) is 0 Å². The van der Waals surface area contributed by atoms with Crippen molar-refractivity contribution in [1.29, 1.82) is 0 Å². The topological polar surface area (TPSA) is 59.0 Å². The lowest BCUT2D eigenvalue weighted by atomic mass is 9.87. The molecule has 1 aromatic rings. The van der Waals surface area contributed by atoms with Gasteiger partial charge in [-0.05, 0) is 51.8 Å². The summed E-state index contributed by atoms with van der Waals surface area (Å²) in [7, 11) is 0. The van der Waals surface area contributed by atoms with Crippen LogP contribution >= 0.6 is 0 Å². The number of amides is 1. The summed E-state index contributed by atoms with van der Waals surface area (Å²) in [4.78, 5) is 13.7. The molecule has 1 N–H and O–H groups in total. The van der Waals surface area contributed by atoms with E-state index in [1.165, 1.54) is 0 Å². The zero-order valence-corrected chi connectivity index (χ0v) is 14.4. The molecular formula is C18H27NO4. The molecule has 0 saturated carbocycles. The third kappa shape index (κ3) is 4.86. The fourth-order valence-corrected chi connectivity index (χ4v) is 2.79. The fourth-order valence-electron chi connectivity index (χ4n) is 2.79. The minimum absolute atomic E-state index is 0.0318. The minimum Gasteiger partial charge on any atom is -0.494 e. The maximum atomic E-state index is 12.1. The van der Waals surface area contributed by atoms with Gasteiger partial charge in [0.05, 0.1) is 19.3 Å². The SMILES string of the molecule is CCOc1ccc([C@@H]2CCN(C(=O)OC(C)(C)C)C[C@H]2O)cc1. The van der Waals surface area contributed by atoms with Gasteiger partial charge in [0.15, 0.2) is 0 Å². The van der Waals surface area contributed by atoms with E-state index in [-0.39, 0.29) is 12.0 Å². The molecule has 2 atom stereocenters. The number of hydrogen-bond acceptors (Lipinski definition) is 4. The van der Waals surface area contributed by atoms with Crippen molar-refractivity contribution in [2.45, 2.75) is 51.7 Å². The molecule has 23 heavy (non-hydrogen) atoms. The Morgan fingerprint density at radius 3 is 2.48 bits per heavy atom. The van der Waals surface area contributed by atoms with Crippen molar-refractivity contribution in [2.75, 3.05) is 19.7 Å². The first-order valence-electron chi connectivity index (χ1n) is 8.19. The first kappa shape index (κ1) is 17.6. The molecule has 5 heteroatoms. The average molecular weight is 321 g/mol. The van der Waals surface area contributed by atoms with Gasteiger partial charge in [-0.15, -0.1) is 0 Å². The number of β-amino-alcohol motifs (C(OH)–C–C–N with tert-alkyl or cyclic N) is 1. The highest BCUT2D eigenvalue weighted by molar-refractivity contribution is 5.68. The van der Waals surface area contributed by atoms with Crippen molar-refractivity contribution in [3.05, 3.63) is 29.8 Å². The molecule has 128 valence electrons. The molecule has 5 nitrogen and oxygen atoms in total. The van der Waals surface area contributed by atoms with E-state index in [1.807, 2.05) is 52.0 Å². The number of rotatable bonds is 3. The number of aliphatic hydroxyl groups excluding tert-OH is 1. The van der Waals surface area contributed by atoms with E-state index in [4.69, 9.17) is 9.47 Å². The first-order valence-corrected chi connectivity index (χ1v) is 8.19. The Bertz CT molecular complexity index is 521. The predicted molar refractivity (Wildman–Crippen MR) is 88.8 cm³/mol. The van der Waals surface area contributed by atoms with E-state index in [9.17, 15) is 9.90 Å². The van der Waals surface area contributed by atoms with Crippen LogP contribution in [0.4, 0.5) is 4.79 Å². The summed E-state index contributed by atoms with van der Waals surface area (Å²) in [6.45, 7) is 8.99. The highest BCUT2D eigenvalue weighted by Gasteiger charge is 2.33. The summed E-state index contributed by atoms with van der Waals surface area (Å²) >= 11 is 0. The van der Waals surface area contributed by atoms with E-state index in [0.717, 1.165) is 11.3 Å². The van der Waals surface area contributed by atoms with Crippen molar-refractivity contribution >= 4 is 6.09 Å². The Labute approximate surface area is 138 Å². The number of aliphatic hydroxyl groups is 1. The standard InChI is InChI=1S/C18H27NO4/c1-5-22-14-8-6-13(7-9-14)15-10-11-19(12-16(15)20)17(21)23-18(2,3)4/h6-9,15-16,20H,5,10-12H2,1-4H3/t15-,16+/m0/s1. The Hall–Kier alpha value is -1.75. The Balaban J connectivity index is 1.97. The normalized spacial score (nSPS) is 21.9. The molecule has 1 aliphatic rings. The number of hydrogen-bond donors (Lipinski definition) is 1. The lowest BCUT2D eigenvalue weighted by Crippen LogP contribution is -2.47. The van der Waals surface area contributed by atoms with Crippen LogP contribution in [0.3, 0.4) is 0 Å². The molecule has 1 amide bonds. The second-order valence-corrected chi connectivity index (χ2v) is 6.89. The molecule has 1 fully saturated rings. The smallest absolute Gasteiger partial charge is 0.410 e. The van der Waals surface area contributed by atoms with Crippen molar-refractivity contribution in [3.8, 4) is 5.75 Å². The molecule has 0 unspecified atom stereocenters. The van der Waals surface area contributed by atoms with Gasteiger partial charge in [-0.3, -0.25) is 0 Å². The van der Waals surface area contributed by atoms with E-state index in [0.29, 0.717) is 26.1 Å². The number of benzene rings is 1. The van der Waals surface area contributed by atoms with Crippen LogP contribution in [0.5, 0.6) is 5.75 Å². The average Bonchev–Trinajstić information content (AvgIpc) is 2.47. The second kappa shape index (κ2) is 7.21. The van der Waals surface area contributed by atoms with E-state index in [1.54, 1.807) is 4.90 Å². The summed E-state index contributed by atoms with van der Waals surface area (Å²) < 4.78 is 10.8. The molecule has 1 heterocycles. The summed E-state index contributed by atoms with van der Waals surface area (Å²) in [6.07, 6.45) is -0.232. The zero-order valence-electron chi connectivity index (χ0n) is 14.4. The van der Waals surface area contributed by atoms with Crippen molar-refractivity contribution < 1.29 is 19.4 Å². The Morgan fingerprint density at radius 2 is 1.96 bits per heavy atom. The minimum atomic E-state index is -0.589. The van der Waals surface area contributed by atoms with Gasteiger partial charge in [0.2, 0.25) is 0 Å². The maximum absolute atomic E-state index is 12.1. The number of ether oxygens (including phenoxy) is 2. The van der Waals surface area contributed by atoms with Crippen LogP contribution in [0.2, 0.25) is 0 Å². The molecule has 0 radical (unpaired) electrons. The van der Waals surface area contributed by atoms with Crippen LogP contribution in [0.15, 0.2) is 24.3 Å². The summed E-state index contributed by atoms with van der Waals surface area (Å²) in [5.74, 6) is 0.862. The van der Waals surface area contributed by atoms with Gasteiger partial charge in [0.1, 0.15) is 11.4 Å². The Kier molecular flexibility index (Phi) is 5.52. The lowest BCUT2D eigenvalue weighted by Gasteiger charge is -2.36. The van der Waals surface area contributed by atoms with Gasteiger partial charge in [-0.25, -0.2) is 4.79 Å². The predicted octanol–water partition coefficient (Wildman–Crippen LogP) is 3.17. The number of nitrogens with zero attached hydrogens (tertiary/aromatic N) is 1. The zero-order chi connectivity index (χ0) is 17.0. The highest BCUT2D eigenvalue weighted by atomic mass is 16.6. The highest BCUT2D eigenvalue weighted by Crippen LogP contribution is 2.30. The van der Waals surface area contributed by atoms with Crippen molar-refractivity contribution in [3.63, 3.8) is 0 Å². The number of piperidine rings is 1. The van der Waals surface area contributed by atoms with E-state index in [2.05, 4.69) is 0 Å². The molecule has 0 spiro atoms. The number of carbonyl (C=O) groups excluding carboxylic acids is 1. The third-order valence-corrected chi connectivity index (χ3v) is 3.85.